The third-order valence-corrected chi connectivity index (χ3v) is 4.79. The number of nitrogens with one attached hydrogen (secondary N) is 3. The quantitative estimate of drug-likeness (QED) is 0.319. The second kappa shape index (κ2) is 10.4. The fourth-order valence-corrected chi connectivity index (χ4v) is 3.22. The molecule has 3 N–H and O–H groups in total. The molecule has 10 nitrogen and oxygen atoms in total. The van der Waals surface area contributed by atoms with Crippen LogP contribution >= 0.6 is 0 Å². The van der Waals surface area contributed by atoms with E-state index in [4.69, 9.17) is 4.74 Å². The first kappa shape index (κ1) is 25.2. The van der Waals surface area contributed by atoms with Crippen molar-refractivity contribution in [1.82, 2.24) is 19.5 Å². The standard InChI is InChI=1S/C24H20F3N7O3/c1-14-11-34(13-30-14)19-8-16(24(25,26)27)7-18(9-19)33-23(36)32-17-3-5-20(6-4-17)37-22-10-21(28-12-29-22)31-15(2)35/h3-13H,1-2H3,(H2,32,33,36)(H,28,29,31,35). The van der Waals surface area contributed by atoms with E-state index < -0.39 is 17.8 Å². The van der Waals surface area contributed by atoms with Gasteiger partial charge in [0.1, 0.15) is 17.9 Å². The number of aryl methyl sites for hydroxylation is 1. The van der Waals surface area contributed by atoms with Gasteiger partial charge in [0.05, 0.1) is 17.6 Å². The molecule has 0 saturated carbocycles. The van der Waals surface area contributed by atoms with Crippen LogP contribution in [0, 0.1) is 6.92 Å². The summed E-state index contributed by atoms with van der Waals surface area (Å²) < 4.78 is 47.3. The first-order valence-electron chi connectivity index (χ1n) is 10.7. The van der Waals surface area contributed by atoms with Crippen molar-refractivity contribution in [3.05, 3.63) is 78.6 Å². The molecule has 2 aromatic heterocycles. The monoisotopic (exact) mass is 511 g/mol. The molecule has 2 heterocycles. The van der Waals surface area contributed by atoms with Gasteiger partial charge in [-0.2, -0.15) is 13.2 Å². The molecule has 0 aliphatic carbocycles. The van der Waals surface area contributed by atoms with Crippen molar-refractivity contribution in [2.75, 3.05) is 16.0 Å². The van der Waals surface area contributed by atoms with Crippen LogP contribution in [-0.4, -0.2) is 31.5 Å². The number of nitrogens with zero attached hydrogens (tertiary/aromatic N) is 4. The number of alkyl halides is 3. The third-order valence-electron chi connectivity index (χ3n) is 4.79. The lowest BCUT2D eigenvalue weighted by Gasteiger charge is -2.14. The van der Waals surface area contributed by atoms with Crippen LogP contribution in [0.5, 0.6) is 11.6 Å². The summed E-state index contributed by atoms with van der Waals surface area (Å²) >= 11 is 0. The lowest BCUT2D eigenvalue weighted by molar-refractivity contribution is -0.137. The summed E-state index contributed by atoms with van der Waals surface area (Å²) in [5.41, 5.74) is 0.222. The van der Waals surface area contributed by atoms with E-state index in [1.807, 2.05) is 0 Å². The maximum atomic E-state index is 13.4. The van der Waals surface area contributed by atoms with E-state index in [1.165, 1.54) is 48.4 Å². The molecule has 0 unspecified atom stereocenters. The van der Waals surface area contributed by atoms with Gasteiger partial charge < -0.3 is 25.3 Å². The smallest absolute Gasteiger partial charge is 0.416 e. The number of hydrogen-bond acceptors (Lipinski definition) is 6. The van der Waals surface area contributed by atoms with Crippen LogP contribution in [0.3, 0.4) is 0 Å². The van der Waals surface area contributed by atoms with Gasteiger partial charge in [0, 0.05) is 36.2 Å². The number of urea groups is 1. The van der Waals surface area contributed by atoms with E-state index in [-0.39, 0.29) is 29.0 Å². The van der Waals surface area contributed by atoms with E-state index in [9.17, 15) is 22.8 Å². The number of benzene rings is 2. The summed E-state index contributed by atoms with van der Waals surface area (Å²) in [5, 5.41) is 7.50. The summed E-state index contributed by atoms with van der Waals surface area (Å²) in [7, 11) is 0. The summed E-state index contributed by atoms with van der Waals surface area (Å²) in [6.45, 7) is 3.06. The molecular weight excluding hydrogens is 491 g/mol. The largest absolute Gasteiger partial charge is 0.439 e. The Morgan fingerprint density at radius 2 is 1.65 bits per heavy atom. The highest BCUT2D eigenvalue weighted by atomic mass is 19.4. The van der Waals surface area contributed by atoms with Gasteiger partial charge in [0.25, 0.3) is 0 Å². The number of carbonyl (C=O) groups is 2. The molecule has 0 bridgehead atoms. The average molecular weight is 511 g/mol. The van der Waals surface area contributed by atoms with Crippen LogP contribution < -0.4 is 20.7 Å². The molecular formula is C24H20F3N7O3. The first-order valence-corrected chi connectivity index (χ1v) is 10.7. The normalized spacial score (nSPS) is 11.1. The number of halogens is 3. The van der Waals surface area contributed by atoms with Gasteiger partial charge in [-0.3, -0.25) is 4.79 Å². The van der Waals surface area contributed by atoms with Crippen LogP contribution in [0.4, 0.5) is 35.2 Å². The Bertz CT molecular complexity index is 1440. The van der Waals surface area contributed by atoms with Crippen molar-refractivity contribution in [3.8, 4) is 17.3 Å². The molecule has 0 aliphatic rings. The van der Waals surface area contributed by atoms with E-state index in [1.54, 1.807) is 25.3 Å². The molecule has 2 aromatic carbocycles. The number of anilines is 3. The van der Waals surface area contributed by atoms with Gasteiger partial charge in [0.15, 0.2) is 0 Å². The van der Waals surface area contributed by atoms with Crippen LogP contribution in [-0.2, 0) is 11.0 Å². The van der Waals surface area contributed by atoms with E-state index >= 15 is 0 Å². The molecule has 0 saturated heterocycles. The van der Waals surface area contributed by atoms with Crippen molar-refractivity contribution < 1.29 is 27.5 Å². The second-order valence-corrected chi connectivity index (χ2v) is 7.82. The lowest BCUT2D eigenvalue weighted by Crippen LogP contribution is -2.20. The zero-order chi connectivity index (χ0) is 26.6. The maximum Gasteiger partial charge on any atom is 0.416 e. The van der Waals surface area contributed by atoms with Crippen molar-refractivity contribution in [2.45, 2.75) is 20.0 Å². The highest BCUT2D eigenvalue weighted by Gasteiger charge is 2.31. The first-order chi connectivity index (χ1) is 17.5. The number of amides is 3. The van der Waals surface area contributed by atoms with E-state index in [0.29, 0.717) is 17.1 Å². The highest BCUT2D eigenvalue weighted by molar-refractivity contribution is 6.00. The molecule has 0 spiro atoms. The Hall–Kier alpha value is -4.94. The Balaban J connectivity index is 1.44. The van der Waals surface area contributed by atoms with Crippen LogP contribution in [0.25, 0.3) is 5.69 Å². The zero-order valence-electron chi connectivity index (χ0n) is 19.5. The number of aromatic nitrogens is 4. The zero-order valence-corrected chi connectivity index (χ0v) is 19.5. The number of rotatable bonds is 6. The molecule has 4 aromatic rings. The van der Waals surface area contributed by atoms with Gasteiger partial charge in [-0.05, 0) is 49.4 Å². The Morgan fingerprint density at radius 3 is 2.30 bits per heavy atom. The Labute approximate surface area is 208 Å². The van der Waals surface area contributed by atoms with Crippen molar-refractivity contribution >= 4 is 29.1 Å². The van der Waals surface area contributed by atoms with Gasteiger partial charge in [-0.25, -0.2) is 19.7 Å². The highest BCUT2D eigenvalue weighted by Crippen LogP contribution is 2.33. The summed E-state index contributed by atoms with van der Waals surface area (Å²) in [6, 6.07) is 10.1. The van der Waals surface area contributed by atoms with Crippen molar-refractivity contribution in [3.63, 3.8) is 0 Å². The maximum absolute atomic E-state index is 13.4. The van der Waals surface area contributed by atoms with Gasteiger partial charge >= 0.3 is 12.2 Å². The molecule has 4 rings (SSSR count). The number of imidazole rings is 1. The molecule has 3 amide bonds. The number of hydrogen-bond donors (Lipinski definition) is 3. The van der Waals surface area contributed by atoms with Gasteiger partial charge in [-0.15, -0.1) is 0 Å². The van der Waals surface area contributed by atoms with Crippen LogP contribution in [0.2, 0.25) is 0 Å². The Kier molecular flexibility index (Phi) is 7.04. The Morgan fingerprint density at radius 1 is 0.919 bits per heavy atom. The van der Waals surface area contributed by atoms with Gasteiger partial charge in [0.2, 0.25) is 11.8 Å². The van der Waals surface area contributed by atoms with Crippen molar-refractivity contribution in [2.24, 2.45) is 0 Å². The van der Waals surface area contributed by atoms with Crippen LogP contribution in [0.15, 0.2) is 67.4 Å². The molecule has 0 radical (unpaired) electrons. The fraction of sp³-hybridized carbons (Fsp3) is 0.125. The van der Waals surface area contributed by atoms with Gasteiger partial charge in [-0.1, -0.05) is 0 Å². The molecule has 0 fully saturated rings. The minimum atomic E-state index is -4.61. The summed E-state index contributed by atoms with van der Waals surface area (Å²) in [5.74, 6) is 0.548. The summed E-state index contributed by atoms with van der Waals surface area (Å²) in [6.07, 6.45) is -0.416. The SMILES string of the molecule is CC(=O)Nc1cc(Oc2ccc(NC(=O)Nc3cc(-n4cnc(C)c4)cc(C(F)(F)F)c3)cc2)ncn1. The molecule has 0 aliphatic heterocycles. The van der Waals surface area contributed by atoms with Crippen LogP contribution in [0.1, 0.15) is 18.2 Å². The van der Waals surface area contributed by atoms with Crippen molar-refractivity contribution in [1.29, 1.82) is 0 Å². The van der Waals surface area contributed by atoms with E-state index in [0.717, 1.165) is 12.1 Å². The summed E-state index contributed by atoms with van der Waals surface area (Å²) in [4.78, 5) is 35.5. The predicted molar refractivity (Wildman–Crippen MR) is 129 cm³/mol. The minimum Gasteiger partial charge on any atom is -0.439 e. The molecule has 13 heteroatoms. The fourth-order valence-electron chi connectivity index (χ4n) is 3.22. The molecule has 37 heavy (non-hydrogen) atoms. The molecule has 0 atom stereocenters. The predicted octanol–water partition coefficient (Wildman–Crippen LogP) is 5.38. The average Bonchev–Trinajstić information content (AvgIpc) is 3.26. The second-order valence-electron chi connectivity index (χ2n) is 7.82. The number of ether oxygens (including phenoxy) is 1. The lowest BCUT2D eigenvalue weighted by atomic mass is 10.1. The molecule has 190 valence electrons. The third kappa shape index (κ3) is 6.81. The topological polar surface area (TPSA) is 123 Å². The number of carbonyl (C=O) groups excluding carboxylic acids is 2. The minimum absolute atomic E-state index is 0.0487. The van der Waals surface area contributed by atoms with E-state index in [2.05, 4.69) is 30.9 Å².